The normalized spacial score (nSPS) is 17.0. The fourth-order valence-corrected chi connectivity index (χ4v) is 3.14. The van der Waals surface area contributed by atoms with E-state index in [1.165, 1.54) is 10.7 Å². The van der Waals surface area contributed by atoms with Crippen molar-refractivity contribution in [1.29, 1.82) is 0 Å². The van der Waals surface area contributed by atoms with Gasteiger partial charge in [0.15, 0.2) is 17.2 Å². The zero-order chi connectivity index (χ0) is 19.7. The van der Waals surface area contributed by atoms with Gasteiger partial charge < -0.3 is 25.4 Å². The minimum absolute atomic E-state index is 0.163. The van der Waals surface area contributed by atoms with E-state index in [1.807, 2.05) is 31.2 Å². The van der Waals surface area contributed by atoms with Crippen LogP contribution in [0.3, 0.4) is 0 Å². The number of ether oxygens (including phenoxy) is 2. The summed E-state index contributed by atoms with van der Waals surface area (Å²) in [5, 5.41) is 13.9. The van der Waals surface area contributed by atoms with Crippen molar-refractivity contribution in [1.82, 2.24) is 19.9 Å². The number of methoxy groups -OCH3 is 1. The molecule has 1 aliphatic rings. The Morgan fingerprint density at radius 2 is 2.21 bits per heavy atom. The molecule has 4 rings (SSSR count). The summed E-state index contributed by atoms with van der Waals surface area (Å²) in [6.45, 7) is 2.70. The Kier molecular flexibility index (Phi) is 4.74. The smallest absolute Gasteiger partial charge is 0.271 e. The summed E-state index contributed by atoms with van der Waals surface area (Å²) in [7, 11) is 3.41. The van der Waals surface area contributed by atoms with Gasteiger partial charge in [-0.25, -0.2) is 9.50 Å². The van der Waals surface area contributed by atoms with Gasteiger partial charge in [-0.2, -0.15) is 0 Å². The molecule has 1 atom stereocenters. The van der Waals surface area contributed by atoms with Gasteiger partial charge in [-0.1, -0.05) is 6.07 Å². The van der Waals surface area contributed by atoms with Crippen molar-refractivity contribution in [3.05, 3.63) is 41.7 Å². The van der Waals surface area contributed by atoms with Crippen LogP contribution in [-0.4, -0.2) is 47.3 Å². The average molecular weight is 382 g/mol. The van der Waals surface area contributed by atoms with Gasteiger partial charge in [0.25, 0.3) is 5.91 Å². The van der Waals surface area contributed by atoms with Crippen LogP contribution in [0.4, 0.5) is 17.2 Å². The number of carbonyl (C=O) groups excluding carboxylic acids is 1. The van der Waals surface area contributed by atoms with Gasteiger partial charge in [0.05, 0.1) is 37.9 Å². The molecule has 3 N–H and O–H groups in total. The second-order valence-corrected chi connectivity index (χ2v) is 6.62. The van der Waals surface area contributed by atoms with E-state index >= 15 is 0 Å². The summed E-state index contributed by atoms with van der Waals surface area (Å²) in [5.74, 6) is 0.967. The first kappa shape index (κ1) is 18.1. The van der Waals surface area contributed by atoms with Crippen molar-refractivity contribution in [2.24, 2.45) is 0 Å². The molecule has 0 fully saturated rings. The summed E-state index contributed by atoms with van der Waals surface area (Å²) in [4.78, 5) is 17.1. The third-order valence-electron chi connectivity index (χ3n) is 4.51. The number of nitrogens with one attached hydrogen (secondary N) is 3. The van der Waals surface area contributed by atoms with Crippen molar-refractivity contribution < 1.29 is 14.3 Å². The van der Waals surface area contributed by atoms with Gasteiger partial charge in [-0.05, 0) is 24.6 Å². The number of hydrogen-bond acceptors (Lipinski definition) is 7. The Balaban J connectivity index is 1.88. The molecule has 0 spiro atoms. The Hall–Kier alpha value is -3.33. The molecule has 0 aliphatic carbocycles. The minimum atomic E-state index is -0.261. The van der Waals surface area contributed by atoms with E-state index in [1.54, 1.807) is 14.2 Å². The highest BCUT2D eigenvalue weighted by Gasteiger charge is 2.19. The van der Waals surface area contributed by atoms with E-state index in [4.69, 9.17) is 9.47 Å². The quantitative estimate of drug-likeness (QED) is 0.624. The predicted molar refractivity (Wildman–Crippen MR) is 105 cm³/mol. The molecule has 1 amide bonds. The summed E-state index contributed by atoms with van der Waals surface area (Å²) in [6.07, 6.45) is 1.52. The van der Waals surface area contributed by atoms with Crippen LogP contribution in [0.25, 0.3) is 5.65 Å². The monoisotopic (exact) mass is 382 g/mol. The lowest BCUT2D eigenvalue weighted by molar-refractivity contribution is 0.0815. The fraction of sp³-hybridized carbons (Fsp3) is 0.316. The van der Waals surface area contributed by atoms with E-state index in [0.29, 0.717) is 36.1 Å². The first-order valence-electron chi connectivity index (χ1n) is 8.98. The third-order valence-corrected chi connectivity index (χ3v) is 4.51. The topological polar surface area (TPSA) is 102 Å². The SMILES string of the molecule is CNc1cc2nn3c(cnc13)C(=O)NC(C)COCc1ccc(OC)c(c1)N2. The molecule has 146 valence electrons. The molecular formula is C19H22N6O3. The molecular weight excluding hydrogens is 360 g/mol. The zero-order valence-electron chi connectivity index (χ0n) is 15.9. The highest BCUT2D eigenvalue weighted by Crippen LogP contribution is 2.30. The first-order valence-corrected chi connectivity index (χ1v) is 8.98. The average Bonchev–Trinajstić information content (AvgIpc) is 3.11. The molecule has 0 radical (unpaired) electrons. The number of hydrogen-bond donors (Lipinski definition) is 3. The van der Waals surface area contributed by atoms with Crippen LogP contribution >= 0.6 is 0 Å². The Morgan fingerprint density at radius 3 is 3.00 bits per heavy atom. The molecule has 4 bridgehead atoms. The maximum absolute atomic E-state index is 12.7. The zero-order valence-corrected chi connectivity index (χ0v) is 15.9. The maximum Gasteiger partial charge on any atom is 0.271 e. The van der Waals surface area contributed by atoms with E-state index < -0.39 is 0 Å². The summed E-state index contributed by atoms with van der Waals surface area (Å²) >= 11 is 0. The third kappa shape index (κ3) is 3.31. The molecule has 3 aromatic rings. The number of anilines is 3. The lowest BCUT2D eigenvalue weighted by atomic mass is 10.2. The lowest BCUT2D eigenvalue weighted by Crippen LogP contribution is -2.36. The number of benzene rings is 1. The van der Waals surface area contributed by atoms with E-state index in [0.717, 1.165) is 16.9 Å². The van der Waals surface area contributed by atoms with Gasteiger partial charge in [0, 0.05) is 19.2 Å². The van der Waals surface area contributed by atoms with Crippen molar-refractivity contribution >= 4 is 28.7 Å². The van der Waals surface area contributed by atoms with Crippen LogP contribution in [0.1, 0.15) is 23.0 Å². The number of aromatic nitrogens is 3. The number of fused-ring (bicyclic) bond motifs is 3. The summed E-state index contributed by atoms with van der Waals surface area (Å²) < 4.78 is 12.8. The fourth-order valence-electron chi connectivity index (χ4n) is 3.14. The van der Waals surface area contributed by atoms with Crippen LogP contribution in [-0.2, 0) is 11.3 Å². The predicted octanol–water partition coefficient (Wildman–Crippen LogP) is 2.17. The number of rotatable bonds is 2. The molecule has 28 heavy (non-hydrogen) atoms. The molecule has 2 aromatic heterocycles. The number of nitrogens with zero attached hydrogens (tertiary/aromatic N) is 3. The van der Waals surface area contributed by atoms with Crippen LogP contribution in [0.2, 0.25) is 0 Å². The van der Waals surface area contributed by atoms with Crippen molar-refractivity contribution in [2.45, 2.75) is 19.6 Å². The van der Waals surface area contributed by atoms with E-state index in [-0.39, 0.29) is 11.9 Å². The number of amides is 1. The molecule has 9 heteroatoms. The number of imidazole rings is 1. The molecule has 3 heterocycles. The van der Waals surface area contributed by atoms with Gasteiger partial charge in [0.2, 0.25) is 0 Å². The van der Waals surface area contributed by atoms with Gasteiger partial charge >= 0.3 is 0 Å². The van der Waals surface area contributed by atoms with Crippen molar-refractivity contribution in [3.8, 4) is 5.75 Å². The van der Waals surface area contributed by atoms with Crippen LogP contribution in [0.15, 0.2) is 30.5 Å². The van der Waals surface area contributed by atoms with E-state index in [2.05, 4.69) is 26.0 Å². The minimum Gasteiger partial charge on any atom is -0.495 e. The van der Waals surface area contributed by atoms with Crippen LogP contribution in [0.5, 0.6) is 5.75 Å². The Bertz CT molecular complexity index is 1030. The standard InChI is InChI=1S/C19H22N6O3/c1-11-9-28-10-12-4-5-16(27-3)13(6-12)23-17-7-14(20-2)18-21-8-15(19(26)22-11)25(18)24-17/h4-8,11,20H,9-10H2,1-3H3,(H,22,26)(H,23,24). The lowest BCUT2D eigenvalue weighted by Gasteiger charge is -2.17. The molecule has 1 aromatic carbocycles. The molecule has 0 saturated carbocycles. The maximum atomic E-state index is 12.7. The highest BCUT2D eigenvalue weighted by molar-refractivity contribution is 5.94. The summed E-state index contributed by atoms with van der Waals surface area (Å²) in [6, 6.07) is 7.47. The van der Waals surface area contributed by atoms with Crippen molar-refractivity contribution in [2.75, 3.05) is 31.4 Å². The largest absolute Gasteiger partial charge is 0.495 e. The highest BCUT2D eigenvalue weighted by atomic mass is 16.5. The Labute approximate surface area is 162 Å². The first-order chi connectivity index (χ1) is 13.6. The van der Waals surface area contributed by atoms with Crippen LogP contribution in [0, 0.1) is 0 Å². The second kappa shape index (κ2) is 7.35. The molecule has 0 saturated heterocycles. The van der Waals surface area contributed by atoms with Gasteiger partial charge in [0.1, 0.15) is 5.75 Å². The van der Waals surface area contributed by atoms with Gasteiger partial charge in [-0.3, -0.25) is 4.79 Å². The molecule has 1 unspecified atom stereocenters. The van der Waals surface area contributed by atoms with E-state index in [9.17, 15) is 4.79 Å². The van der Waals surface area contributed by atoms with Crippen molar-refractivity contribution in [3.63, 3.8) is 0 Å². The molecule has 1 aliphatic heterocycles. The summed E-state index contributed by atoms with van der Waals surface area (Å²) in [5.41, 5.74) is 3.40. The van der Waals surface area contributed by atoms with Crippen LogP contribution < -0.4 is 20.7 Å². The number of carbonyl (C=O) groups is 1. The van der Waals surface area contributed by atoms with Gasteiger partial charge in [-0.15, -0.1) is 5.10 Å². The second-order valence-electron chi connectivity index (χ2n) is 6.62. The Morgan fingerprint density at radius 1 is 1.36 bits per heavy atom. The molecule has 9 nitrogen and oxygen atoms in total.